The first kappa shape index (κ1) is 15.5. The van der Waals surface area contributed by atoms with E-state index in [2.05, 4.69) is 36.4 Å². The Balaban J connectivity index is 2.53. The Kier molecular flexibility index (Phi) is 6.33. The second kappa shape index (κ2) is 7.77. The molecule has 0 aliphatic heterocycles. The van der Waals surface area contributed by atoms with Crippen LogP contribution < -0.4 is 10.6 Å². The van der Waals surface area contributed by atoms with E-state index < -0.39 is 0 Å². The van der Waals surface area contributed by atoms with Gasteiger partial charge in [-0.3, -0.25) is 4.79 Å². The Labute approximate surface area is 116 Å². The number of hydrogen-bond donors (Lipinski definition) is 2. The van der Waals surface area contributed by atoms with E-state index in [1.54, 1.807) is 25.4 Å². The van der Waals surface area contributed by atoms with Crippen LogP contribution in [0.2, 0.25) is 0 Å². The number of pyridine rings is 1. The monoisotopic (exact) mass is 263 g/mol. The fraction of sp³-hybridized carbons (Fsp3) is 0.600. The number of rotatable bonds is 7. The molecule has 0 spiro atoms. The lowest BCUT2D eigenvalue weighted by Crippen LogP contribution is -2.33. The van der Waals surface area contributed by atoms with E-state index in [9.17, 15) is 4.79 Å². The number of carbonyl (C=O) groups is 1. The predicted molar refractivity (Wildman–Crippen MR) is 79.4 cm³/mol. The highest BCUT2D eigenvalue weighted by molar-refractivity contribution is 5.94. The standard InChI is InChI=1S/C15H25N3O/c1-5-6-11(2)9-12(3)18-15(19)13-7-8-17-14(10-13)16-4/h7-8,10-12H,5-6,9H2,1-4H3,(H,16,17)(H,18,19)/t11-,12-/m1/s1. The van der Waals surface area contributed by atoms with Gasteiger partial charge in [0.25, 0.3) is 5.91 Å². The molecule has 1 aromatic rings. The molecule has 1 heterocycles. The average molecular weight is 263 g/mol. The van der Waals surface area contributed by atoms with Crippen molar-refractivity contribution in [2.45, 2.75) is 46.1 Å². The zero-order valence-electron chi connectivity index (χ0n) is 12.4. The zero-order valence-corrected chi connectivity index (χ0v) is 12.4. The molecule has 4 nitrogen and oxygen atoms in total. The van der Waals surface area contributed by atoms with E-state index in [0.717, 1.165) is 6.42 Å². The predicted octanol–water partition coefficient (Wildman–Crippen LogP) is 3.07. The summed E-state index contributed by atoms with van der Waals surface area (Å²) >= 11 is 0. The molecule has 0 saturated carbocycles. The largest absolute Gasteiger partial charge is 0.373 e. The highest BCUT2D eigenvalue weighted by Crippen LogP contribution is 2.13. The summed E-state index contributed by atoms with van der Waals surface area (Å²) in [6, 6.07) is 3.69. The molecule has 0 fully saturated rings. The summed E-state index contributed by atoms with van der Waals surface area (Å²) in [5.74, 6) is 1.32. The molecule has 0 aliphatic carbocycles. The zero-order chi connectivity index (χ0) is 14.3. The number of aromatic nitrogens is 1. The van der Waals surface area contributed by atoms with Crippen molar-refractivity contribution in [3.63, 3.8) is 0 Å². The summed E-state index contributed by atoms with van der Waals surface area (Å²) in [7, 11) is 1.79. The summed E-state index contributed by atoms with van der Waals surface area (Å²) in [5.41, 5.74) is 0.648. The molecular formula is C15H25N3O. The molecule has 106 valence electrons. The SMILES string of the molecule is CCC[C@@H](C)C[C@@H](C)NC(=O)c1ccnc(NC)c1. The smallest absolute Gasteiger partial charge is 0.251 e. The molecule has 0 unspecified atom stereocenters. The number of carbonyl (C=O) groups excluding carboxylic acids is 1. The van der Waals surface area contributed by atoms with E-state index in [1.807, 2.05) is 0 Å². The molecule has 0 aromatic carbocycles. The van der Waals surface area contributed by atoms with Crippen LogP contribution in [0.1, 0.15) is 50.4 Å². The van der Waals surface area contributed by atoms with Crippen LogP contribution in [0.25, 0.3) is 0 Å². The third-order valence-corrected chi connectivity index (χ3v) is 3.19. The van der Waals surface area contributed by atoms with Crippen molar-refractivity contribution in [3.05, 3.63) is 23.9 Å². The Hall–Kier alpha value is -1.58. The van der Waals surface area contributed by atoms with Crippen molar-refractivity contribution in [1.82, 2.24) is 10.3 Å². The number of amides is 1. The molecule has 4 heteroatoms. The van der Waals surface area contributed by atoms with Crippen LogP contribution in [-0.4, -0.2) is 24.0 Å². The Morgan fingerprint density at radius 3 is 2.79 bits per heavy atom. The average Bonchev–Trinajstić information content (AvgIpc) is 2.38. The third-order valence-electron chi connectivity index (χ3n) is 3.19. The second-order valence-electron chi connectivity index (χ2n) is 5.18. The van der Waals surface area contributed by atoms with Gasteiger partial charge in [0.15, 0.2) is 0 Å². The molecule has 0 saturated heterocycles. The summed E-state index contributed by atoms with van der Waals surface area (Å²) in [6.07, 6.45) is 5.06. The topological polar surface area (TPSA) is 54.0 Å². The fourth-order valence-electron chi connectivity index (χ4n) is 2.29. The van der Waals surface area contributed by atoms with Crippen molar-refractivity contribution in [1.29, 1.82) is 0 Å². The normalized spacial score (nSPS) is 13.7. The lowest BCUT2D eigenvalue weighted by Gasteiger charge is -2.18. The van der Waals surface area contributed by atoms with Gasteiger partial charge in [0.1, 0.15) is 5.82 Å². The van der Waals surface area contributed by atoms with Gasteiger partial charge < -0.3 is 10.6 Å². The van der Waals surface area contributed by atoms with Crippen LogP contribution in [0.15, 0.2) is 18.3 Å². The van der Waals surface area contributed by atoms with Crippen LogP contribution in [0, 0.1) is 5.92 Å². The molecule has 1 amide bonds. The van der Waals surface area contributed by atoms with Gasteiger partial charge in [0, 0.05) is 24.8 Å². The first-order chi connectivity index (χ1) is 9.06. The first-order valence-corrected chi connectivity index (χ1v) is 7.01. The van der Waals surface area contributed by atoms with Crippen LogP contribution >= 0.6 is 0 Å². The number of hydrogen-bond acceptors (Lipinski definition) is 3. The van der Waals surface area contributed by atoms with Gasteiger partial charge in [-0.1, -0.05) is 26.7 Å². The third kappa shape index (κ3) is 5.28. The van der Waals surface area contributed by atoms with Crippen molar-refractivity contribution >= 4 is 11.7 Å². The maximum Gasteiger partial charge on any atom is 0.251 e. The number of nitrogens with one attached hydrogen (secondary N) is 2. The van der Waals surface area contributed by atoms with Gasteiger partial charge in [-0.2, -0.15) is 0 Å². The number of nitrogens with zero attached hydrogens (tertiary/aromatic N) is 1. The molecular weight excluding hydrogens is 238 g/mol. The van der Waals surface area contributed by atoms with E-state index in [4.69, 9.17) is 0 Å². The summed E-state index contributed by atoms with van der Waals surface area (Å²) in [6.45, 7) is 6.48. The van der Waals surface area contributed by atoms with E-state index >= 15 is 0 Å². The van der Waals surface area contributed by atoms with Crippen LogP contribution in [-0.2, 0) is 0 Å². The molecule has 1 rings (SSSR count). The first-order valence-electron chi connectivity index (χ1n) is 7.01. The van der Waals surface area contributed by atoms with E-state index in [1.165, 1.54) is 12.8 Å². The van der Waals surface area contributed by atoms with Gasteiger partial charge in [-0.05, 0) is 31.4 Å². The maximum absolute atomic E-state index is 12.1. The summed E-state index contributed by atoms with van der Waals surface area (Å²) in [4.78, 5) is 16.2. The molecule has 2 atom stereocenters. The van der Waals surface area contributed by atoms with Crippen LogP contribution in [0.5, 0.6) is 0 Å². The molecule has 1 aromatic heterocycles. The molecule has 0 aliphatic rings. The quantitative estimate of drug-likeness (QED) is 0.795. The van der Waals surface area contributed by atoms with E-state index in [0.29, 0.717) is 17.3 Å². The Morgan fingerprint density at radius 2 is 2.16 bits per heavy atom. The van der Waals surface area contributed by atoms with Crippen molar-refractivity contribution in [2.24, 2.45) is 5.92 Å². The summed E-state index contributed by atoms with van der Waals surface area (Å²) < 4.78 is 0. The minimum Gasteiger partial charge on any atom is -0.373 e. The number of anilines is 1. The molecule has 2 N–H and O–H groups in total. The van der Waals surface area contributed by atoms with Crippen molar-refractivity contribution in [2.75, 3.05) is 12.4 Å². The Morgan fingerprint density at radius 1 is 1.42 bits per heavy atom. The maximum atomic E-state index is 12.1. The molecule has 0 radical (unpaired) electrons. The van der Waals surface area contributed by atoms with Gasteiger partial charge in [0.05, 0.1) is 0 Å². The second-order valence-corrected chi connectivity index (χ2v) is 5.18. The highest BCUT2D eigenvalue weighted by Gasteiger charge is 2.13. The minimum atomic E-state index is -0.0323. The van der Waals surface area contributed by atoms with Gasteiger partial charge in [-0.15, -0.1) is 0 Å². The molecule has 0 bridgehead atoms. The van der Waals surface area contributed by atoms with E-state index in [-0.39, 0.29) is 11.9 Å². The minimum absolute atomic E-state index is 0.0323. The molecule has 19 heavy (non-hydrogen) atoms. The lowest BCUT2D eigenvalue weighted by molar-refractivity contribution is 0.0935. The summed E-state index contributed by atoms with van der Waals surface area (Å²) in [5, 5.41) is 5.98. The van der Waals surface area contributed by atoms with Crippen molar-refractivity contribution in [3.8, 4) is 0 Å². The van der Waals surface area contributed by atoms with Crippen LogP contribution in [0.3, 0.4) is 0 Å². The lowest BCUT2D eigenvalue weighted by atomic mass is 9.98. The van der Waals surface area contributed by atoms with Gasteiger partial charge >= 0.3 is 0 Å². The fourth-order valence-corrected chi connectivity index (χ4v) is 2.29. The van der Waals surface area contributed by atoms with Crippen LogP contribution in [0.4, 0.5) is 5.82 Å². The van der Waals surface area contributed by atoms with Gasteiger partial charge in [0.2, 0.25) is 0 Å². The van der Waals surface area contributed by atoms with Gasteiger partial charge in [-0.25, -0.2) is 4.98 Å². The Bertz CT molecular complexity index is 406. The van der Waals surface area contributed by atoms with Crippen molar-refractivity contribution < 1.29 is 4.79 Å². The highest BCUT2D eigenvalue weighted by atomic mass is 16.1.